The van der Waals surface area contributed by atoms with Gasteiger partial charge in [-0.25, -0.2) is 4.79 Å². The quantitative estimate of drug-likeness (QED) is 0.388. The average molecular weight is 486 g/mol. The molecule has 190 valence electrons. The predicted molar refractivity (Wildman–Crippen MR) is 122 cm³/mol. The Labute approximate surface area is 198 Å². The van der Waals surface area contributed by atoms with Crippen molar-refractivity contribution in [1.82, 2.24) is 10.2 Å². The van der Waals surface area contributed by atoms with Gasteiger partial charge >= 0.3 is 12.4 Å². The zero-order valence-corrected chi connectivity index (χ0v) is 19.6. The summed E-state index contributed by atoms with van der Waals surface area (Å²) in [6.07, 6.45) is 3.74. The summed E-state index contributed by atoms with van der Waals surface area (Å²) >= 11 is 0. The molecule has 7 nitrogen and oxygen atoms in total. The van der Waals surface area contributed by atoms with Crippen LogP contribution in [0.4, 0.5) is 23.7 Å². The van der Waals surface area contributed by atoms with Crippen molar-refractivity contribution in [2.75, 3.05) is 18.4 Å². The first kappa shape index (κ1) is 27.5. The molecule has 0 aromatic heterocycles. The first-order valence-corrected chi connectivity index (χ1v) is 11.8. The van der Waals surface area contributed by atoms with Gasteiger partial charge in [0.25, 0.3) is 0 Å². The van der Waals surface area contributed by atoms with Crippen LogP contribution in [-0.4, -0.2) is 48.1 Å². The number of hydrogen-bond acceptors (Lipinski definition) is 4. The minimum Gasteiger partial charge on any atom is -0.406 e. The number of amides is 3. The average Bonchev–Trinajstić information content (AvgIpc) is 2.76. The zero-order valence-electron chi connectivity index (χ0n) is 19.6. The summed E-state index contributed by atoms with van der Waals surface area (Å²) in [6.45, 7) is 2.78. The van der Waals surface area contributed by atoms with Crippen LogP contribution in [0.15, 0.2) is 24.3 Å². The number of ketones is 1. The molecule has 0 bridgehead atoms. The van der Waals surface area contributed by atoms with E-state index in [9.17, 15) is 27.6 Å². The van der Waals surface area contributed by atoms with Crippen LogP contribution in [0.2, 0.25) is 0 Å². The SMILES string of the molecule is CC(=O)CCCCCCCCC(=O)N1CCC(NC(=O)Nc2ccc(OC(F)(F)F)cc2)CC1. The number of carbonyl (C=O) groups excluding carboxylic acids is 3. The first-order chi connectivity index (χ1) is 16.1. The lowest BCUT2D eigenvalue weighted by atomic mass is 10.0. The van der Waals surface area contributed by atoms with Crippen LogP contribution in [-0.2, 0) is 9.59 Å². The molecule has 10 heteroatoms. The van der Waals surface area contributed by atoms with Crippen molar-refractivity contribution in [2.24, 2.45) is 0 Å². The van der Waals surface area contributed by atoms with Crippen LogP contribution < -0.4 is 15.4 Å². The van der Waals surface area contributed by atoms with Crippen LogP contribution in [0, 0.1) is 0 Å². The third kappa shape index (κ3) is 11.4. The molecule has 3 amide bonds. The number of unbranched alkanes of at least 4 members (excludes halogenated alkanes) is 5. The highest BCUT2D eigenvalue weighted by Crippen LogP contribution is 2.24. The summed E-state index contributed by atoms with van der Waals surface area (Å²) < 4.78 is 40.4. The molecule has 0 unspecified atom stereocenters. The number of hydrogen-bond donors (Lipinski definition) is 2. The van der Waals surface area contributed by atoms with E-state index < -0.39 is 12.4 Å². The fourth-order valence-electron chi connectivity index (χ4n) is 3.88. The van der Waals surface area contributed by atoms with Gasteiger partial charge in [0.1, 0.15) is 11.5 Å². The predicted octanol–water partition coefficient (Wildman–Crippen LogP) is 5.41. The fourth-order valence-corrected chi connectivity index (χ4v) is 3.88. The Morgan fingerprint density at radius 2 is 1.50 bits per heavy atom. The fraction of sp³-hybridized carbons (Fsp3) is 0.625. The number of nitrogens with zero attached hydrogens (tertiary/aromatic N) is 1. The Kier molecular flexibility index (Phi) is 11.2. The lowest BCUT2D eigenvalue weighted by Gasteiger charge is -2.32. The van der Waals surface area contributed by atoms with E-state index >= 15 is 0 Å². The molecule has 34 heavy (non-hydrogen) atoms. The van der Waals surface area contributed by atoms with Gasteiger partial charge in [0, 0.05) is 37.7 Å². The maximum atomic E-state index is 12.4. The Morgan fingerprint density at radius 1 is 0.941 bits per heavy atom. The Balaban J connectivity index is 1.58. The van der Waals surface area contributed by atoms with Gasteiger partial charge in [-0.3, -0.25) is 4.79 Å². The Morgan fingerprint density at radius 3 is 2.06 bits per heavy atom. The Hall–Kier alpha value is -2.78. The van der Waals surface area contributed by atoms with Gasteiger partial charge in [0.2, 0.25) is 5.91 Å². The summed E-state index contributed by atoms with van der Waals surface area (Å²) in [6, 6.07) is 4.38. The normalized spacial score (nSPS) is 14.5. The number of rotatable bonds is 12. The molecule has 2 rings (SSSR count). The van der Waals surface area contributed by atoms with E-state index in [0.29, 0.717) is 44.5 Å². The van der Waals surface area contributed by atoms with Crippen LogP contribution in [0.1, 0.15) is 71.1 Å². The van der Waals surface area contributed by atoms with Crippen molar-refractivity contribution in [3.05, 3.63) is 24.3 Å². The van der Waals surface area contributed by atoms with Crippen molar-refractivity contribution >= 4 is 23.4 Å². The molecule has 0 aliphatic carbocycles. The number of ether oxygens (including phenoxy) is 1. The number of halogens is 3. The second-order valence-corrected chi connectivity index (χ2v) is 8.65. The molecule has 1 aromatic rings. The van der Waals surface area contributed by atoms with Crippen molar-refractivity contribution in [2.45, 2.75) is 83.5 Å². The summed E-state index contributed by atoms with van der Waals surface area (Å²) in [5, 5.41) is 5.43. The topological polar surface area (TPSA) is 87.7 Å². The molecule has 1 aliphatic rings. The van der Waals surface area contributed by atoms with Gasteiger partial charge in [-0.15, -0.1) is 13.2 Å². The van der Waals surface area contributed by atoms with Gasteiger partial charge in [-0.1, -0.05) is 25.7 Å². The summed E-state index contributed by atoms with van der Waals surface area (Å²) in [5.74, 6) is 0.0131. The number of Topliss-reactive ketones (excluding diaryl/α,β-unsaturated/α-hetero) is 1. The highest BCUT2D eigenvalue weighted by atomic mass is 19.4. The lowest BCUT2D eigenvalue weighted by Crippen LogP contribution is -2.47. The molecular weight excluding hydrogens is 451 g/mol. The summed E-state index contributed by atoms with van der Waals surface area (Å²) in [7, 11) is 0. The maximum Gasteiger partial charge on any atom is 0.573 e. The van der Waals surface area contributed by atoms with E-state index in [0.717, 1.165) is 50.7 Å². The highest BCUT2D eigenvalue weighted by molar-refractivity contribution is 5.89. The van der Waals surface area contributed by atoms with Gasteiger partial charge in [0.05, 0.1) is 0 Å². The van der Waals surface area contributed by atoms with Crippen molar-refractivity contribution in [1.29, 1.82) is 0 Å². The van der Waals surface area contributed by atoms with Crippen LogP contribution in [0.5, 0.6) is 5.75 Å². The molecule has 1 aliphatic heterocycles. The molecule has 0 spiro atoms. The van der Waals surface area contributed by atoms with Gasteiger partial charge in [-0.05, 0) is 56.9 Å². The lowest BCUT2D eigenvalue weighted by molar-refractivity contribution is -0.274. The molecule has 1 aromatic carbocycles. The number of benzene rings is 1. The van der Waals surface area contributed by atoms with Gasteiger partial charge < -0.3 is 25.1 Å². The second-order valence-electron chi connectivity index (χ2n) is 8.65. The van der Waals surface area contributed by atoms with Crippen LogP contribution >= 0.6 is 0 Å². The second kappa shape index (κ2) is 13.8. The first-order valence-electron chi connectivity index (χ1n) is 11.8. The molecule has 0 saturated carbocycles. The van der Waals surface area contributed by atoms with Gasteiger partial charge in [-0.2, -0.15) is 0 Å². The number of likely N-dealkylation sites (tertiary alicyclic amines) is 1. The van der Waals surface area contributed by atoms with Crippen LogP contribution in [0.3, 0.4) is 0 Å². The molecule has 1 heterocycles. The number of anilines is 1. The molecule has 0 atom stereocenters. The smallest absolute Gasteiger partial charge is 0.406 e. The number of nitrogens with one attached hydrogen (secondary N) is 2. The minimum atomic E-state index is -4.76. The van der Waals surface area contributed by atoms with Gasteiger partial charge in [0.15, 0.2) is 0 Å². The number of carbonyl (C=O) groups is 3. The van der Waals surface area contributed by atoms with E-state index in [1.165, 1.54) is 12.1 Å². The monoisotopic (exact) mass is 485 g/mol. The zero-order chi connectivity index (χ0) is 25.0. The standard InChI is InChI=1S/C24H34F3N3O4/c1-18(31)8-6-4-2-3-5-7-9-22(32)30-16-14-20(15-17-30)29-23(33)28-19-10-12-21(13-11-19)34-24(25,26)27/h10-13,20H,2-9,14-17H2,1H3,(H2,28,29,33). The summed E-state index contributed by atoms with van der Waals surface area (Å²) in [5.41, 5.74) is 0.346. The van der Waals surface area contributed by atoms with E-state index in [4.69, 9.17) is 0 Å². The third-order valence-electron chi connectivity index (χ3n) is 5.70. The molecule has 1 saturated heterocycles. The molecule has 1 fully saturated rings. The van der Waals surface area contributed by atoms with E-state index in [2.05, 4.69) is 15.4 Å². The van der Waals surface area contributed by atoms with Crippen molar-refractivity contribution < 1.29 is 32.3 Å². The molecular formula is C24H34F3N3O4. The third-order valence-corrected chi connectivity index (χ3v) is 5.70. The highest BCUT2D eigenvalue weighted by Gasteiger charge is 2.31. The number of urea groups is 1. The van der Waals surface area contributed by atoms with Crippen LogP contribution in [0.25, 0.3) is 0 Å². The largest absolute Gasteiger partial charge is 0.573 e. The van der Waals surface area contributed by atoms with E-state index in [1.54, 1.807) is 6.92 Å². The minimum absolute atomic E-state index is 0.0770. The van der Waals surface area contributed by atoms with E-state index in [-0.39, 0.29) is 23.5 Å². The molecule has 0 radical (unpaired) electrons. The number of piperidine rings is 1. The molecule has 2 N–H and O–H groups in total. The van der Waals surface area contributed by atoms with Crippen molar-refractivity contribution in [3.63, 3.8) is 0 Å². The summed E-state index contributed by atoms with van der Waals surface area (Å²) in [4.78, 5) is 37.3. The Bertz CT molecular complexity index is 792. The maximum absolute atomic E-state index is 12.4. The van der Waals surface area contributed by atoms with Crippen molar-refractivity contribution in [3.8, 4) is 5.75 Å². The number of alkyl halides is 3. The van der Waals surface area contributed by atoms with E-state index in [1.807, 2.05) is 4.90 Å².